The Morgan fingerprint density at radius 2 is 1.88 bits per heavy atom. The van der Waals surface area contributed by atoms with Gasteiger partial charge in [0.05, 0.1) is 12.2 Å². The van der Waals surface area contributed by atoms with Gasteiger partial charge < -0.3 is 9.47 Å². The fourth-order valence-corrected chi connectivity index (χ4v) is 2.83. The molecule has 2 aromatic heterocycles. The Labute approximate surface area is 157 Å². The van der Waals surface area contributed by atoms with Crippen LogP contribution in [-0.4, -0.2) is 15.5 Å². The number of nitrogens with zero attached hydrogens (tertiary/aromatic N) is 3. The summed E-state index contributed by atoms with van der Waals surface area (Å²) in [6.45, 7) is 0.0799. The highest BCUT2D eigenvalue weighted by Gasteiger charge is 2.18. The molecule has 2 heterocycles. The van der Waals surface area contributed by atoms with Crippen molar-refractivity contribution in [2.75, 3.05) is 4.90 Å². The quantitative estimate of drug-likeness (QED) is 0.641. The summed E-state index contributed by atoms with van der Waals surface area (Å²) in [5, 5.41) is 0. The molecule has 0 saturated carbocycles. The molecule has 0 bridgehead atoms. The van der Waals surface area contributed by atoms with Gasteiger partial charge in [0.2, 0.25) is 5.91 Å². The summed E-state index contributed by atoms with van der Waals surface area (Å²) in [4.78, 5) is 30.6. The number of pyridine rings is 2. The van der Waals surface area contributed by atoms with Crippen LogP contribution in [0.4, 0.5) is 10.1 Å². The lowest BCUT2D eigenvalue weighted by molar-refractivity contribution is -0.119. The lowest BCUT2D eigenvalue weighted by Crippen LogP contribution is -2.36. The van der Waals surface area contributed by atoms with E-state index in [0.717, 1.165) is 0 Å². The van der Waals surface area contributed by atoms with Crippen LogP contribution in [0.1, 0.15) is 5.69 Å². The van der Waals surface area contributed by atoms with Gasteiger partial charge in [0, 0.05) is 28.6 Å². The van der Waals surface area contributed by atoms with E-state index in [4.69, 9.17) is 0 Å². The van der Waals surface area contributed by atoms with Crippen LogP contribution in [0.5, 0.6) is 0 Å². The third-order valence-electron chi connectivity index (χ3n) is 3.74. The van der Waals surface area contributed by atoms with E-state index in [1.807, 2.05) is 6.07 Å². The molecular formula is C19H15BrFN3O2. The standard InChI is InChI=1S/C19H15BrFN3O2/c20-14-4-9-18(25)23(11-14)13-19(26)24(12-16-3-1-2-10-22-16)17-7-5-15(21)6-8-17/h1-11H,12-13H2. The average molecular weight is 416 g/mol. The van der Waals surface area contributed by atoms with Crippen molar-refractivity contribution in [1.29, 1.82) is 0 Å². The molecule has 0 fully saturated rings. The molecule has 0 aliphatic carbocycles. The summed E-state index contributed by atoms with van der Waals surface area (Å²) < 4.78 is 15.3. The van der Waals surface area contributed by atoms with Crippen LogP contribution in [0.15, 0.2) is 76.3 Å². The van der Waals surface area contributed by atoms with E-state index in [0.29, 0.717) is 15.9 Å². The van der Waals surface area contributed by atoms with Gasteiger partial charge in [-0.3, -0.25) is 14.6 Å². The highest BCUT2D eigenvalue weighted by atomic mass is 79.9. The number of aromatic nitrogens is 2. The summed E-state index contributed by atoms with van der Waals surface area (Å²) in [6, 6.07) is 14.1. The lowest BCUT2D eigenvalue weighted by Gasteiger charge is -2.23. The molecule has 0 spiro atoms. The Hall–Kier alpha value is -2.80. The average Bonchev–Trinajstić information content (AvgIpc) is 2.64. The summed E-state index contributed by atoms with van der Waals surface area (Å²) in [6.07, 6.45) is 3.20. The maximum Gasteiger partial charge on any atom is 0.251 e. The van der Waals surface area contributed by atoms with E-state index in [9.17, 15) is 14.0 Å². The van der Waals surface area contributed by atoms with Crippen LogP contribution in [0.3, 0.4) is 0 Å². The van der Waals surface area contributed by atoms with Crippen LogP contribution in [0, 0.1) is 5.82 Å². The van der Waals surface area contributed by atoms with E-state index >= 15 is 0 Å². The topological polar surface area (TPSA) is 55.2 Å². The predicted octanol–water partition coefficient (Wildman–Crippen LogP) is 3.38. The molecule has 0 aliphatic heterocycles. The monoisotopic (exact) mass is 415 g/mol. The summed E-state index contributed by atoms with van der Waals surface area (Å²) in [5.41, 5.74) is 0.940. The van der Waals surface area contributed by atoms with Crippen molar-refractivity contribution in [3.05, 3.63) is 93.3 Å². The minimum Gasteiger partial charge on any atom is -0.305 e. The minimum absolute atomic E-state index is 0.136. The van der Waals surface area contributed by atoms with Gasteiger partial charge in [0.1, 0.15) is 12.4 Å². The highest BCUT2D eigenvalue weighted by molar-refractivity contribution is 9.10. The first-order valence-electron chi connectivity index (χ1n) is 7.85. The Morgan fingerprint density at radius 1 is 1.12 bits per heavy atom. The Kier molecular flexibility index (Phi) is 5.58. The zero-order chi connectivity index (χ0) is 18.5. The molecular weight excluding hydrogens is 401 g/mol. The number of carbonyl (C=O) groups is 1. The number of amides is 1. The molecule has 0 unspecified atom stereocenters. The molecule has 3 aromatic rings. The van der Waals surface area contributed by atoms with E-state index in [-0.39, 0.29) is 30.4 Å². The van der Waals surface area contributed by atoms with Gasteiger partial charge in [-0.15, -0.1) is 0 Å². The highest BCUT2D eigenvalue weighted by Crippen LogP contribution is 2.18. The number of benzene rings is 1. The maximum absolute atomic E-state index is 13.3. The minimum atomic E-state index is -0.387. The molecule has 1 aromatic carbocycles. The molecule has 0 radical (unpaired) electrons. The normalized spacial score (nSPS) is 10.5. The van der Waals surface area contributed by atoms with Gasteiger partial charge >= 0.3 is 0 Å². The SMILES string of the molecule is O=C(Cn1cc(Br)ccc1=O)N(Cc1ccccn1)c1ccc(F)cc1. The molecule has 132 valence electrons. The second-order valence-corrected chi connectivity index (χ2v) is 6.51. The molecule has 7 heteroatoms. The molecule has 1 amide bonds. The predicted molar refractivity (Wildman–Crippen MR) is 100 cm³/mol. The third kappa shape index (κ3) is 4.43. The molecule has 0 aliphatic rings. The van der Waals surface area contributed by atoms with Crippen molar-refractivity contribution in [2.45, 2.75) is 13.1 Å². The van der Waals surface area contributed by atoms with E-state index in [2.05, 4.69) is 20.9 Å². The van der Waals surface area contributed by atoms with Gasteiger partial charge in [0.15, 0.2) is 0 Å². The number of hydrogen-bond donors (Lipinski definition) is 0. The van der Waals surface area contributed by atoms with E-state index in [1.54, 1.807) is 30.6 Å². The van der Waals surface area contributed by atoms with E-state index in [1.165, 1.54) is 39.8 Å². The second-order valence-electron chi connectivity index (χ2n) is 5.59. The number of carbonyl (C=O) groups excluding carboxylic acids is 1. The fraction of sp³-hybridized carbons (Fsp3) is 0.105. The molecule has 3 rings (SSSR count). The van der Waals surface area contributed by atoms with E-state index < -0.39 is 0 Å². The Morgan fingerprint density at radius 3 is 2.58 bits per heavy atom. The maximum atomic E-state index is 13.3. The van der Waals surface area contributed by atoms with Crippen LogP contribution >= 0.6 is 15.9 Å². The molecule has 26 heavy (non-hydrogen) atoms. The summed E-state index contributed by atoms with van der Waals surface area (Å²) >= 11 is 3.29. The first-order valence-corrected chi connectivity index (χ1v) is 8.64. The zero-order valence-electron chi connectivity index (χ0n) is 13.7. The largest absolute Gasteiger partial charge is 0.305 e. The summed E-state index contributed by atoms with van der Waals surface area (Å²) in [7, 11) is 0. The second kappa shape index (κ2) is 8.05. The van der Waals surface area contributed by atoms with Gasteiger partial charge in [0.25, 0.3) is 5.56 Å². The first kappa shape index (κ1) is 18.0. The third-order valence-corrected chi connectivity index (χ3v) is 4.21. The fourth-order valence-electron chi connectivity index (χ4n) is 2.45. The van der Waals surface area contributed by atoms with Gasteiger partial charge in [-0.1, -0.05) is 6.07 Å². The lowest BCUT2D eigenvalue weighted by atomic mass is 10.2. The Balaban J connectivity index is 1.91. The number of anilines is 1. The molecule has 0 saturated heterocycles. The summed E-state index contributed by atoms with van der Waals surface area (Å²) in [5.74, 6) is -0.690. The van der Waals surface area contributed by atoms with Gasteiger partial charge in [-0.05, 0) is 58.4 Å². The van der Waals surface area contributed by atoms with Gasteiger partial charge in [-0.2, -0.15) is 0 Å². The van der Waals surface area contributed by atoms with Crippen molar-refractivity contribution in [3.8, 4) is 0 Å². The van der Waals surface area contributed by atoms with Crippen molar-refractivity contribution in [1.82, 2.24) is 9.55 Å². The van der Waals surface area contributed by atoms with Crippen molar-refractivity contribution in [2.24, 2.45) is 0 Å². The number of rotatable bonds is 5. The number of hydrogen-bond acceptors (Lipinski definition) is 3. The number of halogens is 2. The first-order chi connectivity index (χ1) is 12.5. The van der Waals surface area contributed by atoms with Crippen molar-refractivity contribution in [3.63, 3.8) is 0 Å². The van der Waals surface area contributed by atoms with Crippen LogP contribution in [0.25, 0.3) is 0 Å². The van der Waals surface area contributed by atoms with Crippen molar-refractivity contribution >= 4 is 27.5 Å². The van der Waals surface area contributed by atoms with Gasteiger partial charge in [-0.25, -0.2) is 4.39 Å². The van der Waals surface area contributed by atoms with Crippen molar-refractivity contribution < 1.29 is 9.18 Å². The van der Waals surface area contributed by atoms with Crippen LogP contribution in [-0.2, 0) is 17.9 Å². The molecule has 5 nitrogen and oxygen atoms in total. The van der Waals surface area contributed by atoms with Crippen LogP contribution < -0.4 is 10.5 Å². The Bertz CT molecular complexity index is 959. The zero-order valence-corrected chi connectivity index (χ0v) is 15.3. The smallest absolute Gasteiger partial charge is 0.251 e. The van der Waals surface area contributed by atoms with Crippen LogP contribution in [0.2, 0.25) is 0 Å². The molecule has 0 atom stereocenters. The molecule has 0 N–H and O–H groups in total.